The molecule has 3 amide bonds. The second-order valence-electron chi connectivity index (χ2n) is 8.30. The largest absolute Gasteiger partial charge is 0.375 e. The molecule has 0 saturated carbocycles. The predicted molar refractivity (Wildman–Crippen MR) is 112 cm³/mol. The Labute approximate surface area is 177 Å². The van der Waals surface area contributed by atoms with Crippen molar-refractivity contribution in [1.82, 2.24) is 9.80 Å². The third-order valence-corrected chi connectivity index (χ3v) is 5.80. The van der Waals surface area contributed by atoms with E-state index in [9.17, 15) is 14.4 Å². The summed E-state index contributed by atoms with van der Waals surface area (Å²) in [5.41, 5.74) is 0.995. The first-order valence-electron chi connectivity index (χ1n) is 10.4. The highest BCUT2D eigenvalue weighted by Gasteiger charge is 2.41. The van der Waals surface area contributed by atoms with E-state index in [1.165, 1.54) is 11.8 Å². The maximum atomic E-state index is 12.8. The van der Waals surface area contributed by atoms with Gasteiger partial charge in [-0.2, -0.15) is 0 Å². The number of nitrogens with zero attached hydrogens (tertiary/aromatic N) is 2. The van der Waals surface area contributed by atoms with Gasteiger partial charge in [0.05, 0.1) is 11.7 Å². The molecule has 0 radical (unpaired) electrons. The average Bonchev–Trinajstić information content (AvgIpc) is 2.72. The van der Waals surface area contributed by atoms with Crippen molar-refractivity contribution < 1.29 is 23.9 Å². The van der Waals surface area contributed by atoms with Crippen molar-refractivity contribution in [1.29, 1.82) is 0 Å². The number of hydrogen-bond acceptors (Lipinski definition) is 5. The highest BCUT2D eigenvalue weighted by molar-refractivity contribution is 5.95. The maximum absolute atomic E-state index is 12.8. The summed E-state index contributed by atoms with van der Waals surface area (Å²) in [6.45, 7) is 3.39. The topological polar surface area (TPSA) is 88.2 Å². The lowest BCUT2D eigenvalue weighted by Gasteiger charge is -2.46. The fourth-order valence-corrected chi connectivity index (χ4v) is 3.99. The Balaban J connectivity index is 1.52. The maximum Gasteiger partial charge on any atom is 0.253 e. The van der Waals surface area contributed by atoms with E-state index in [0.717, 1.165) is 25.7 Å². The van der Waals surface area contributed by atoms with E-state index in [2.05, 4.69) is 5.32 Å². The third-order valence-electron chi connectivity index (χ3n) is 5.80. The van der Waals surface area contributed by atoms with E-state index in [4.69, 9.17) is 9.47 Å². The average molecular weight is 418 g/mol. The minimum absolute atomic E-state index is 0.00576. The number of benzene rings is 1. The van der Waals surface area contributed by atoms with Crippen molar-refractivity contribution >= 4 is 23.4 Å². The van der Waals surface area contributed by atoms with Gasteiger partial charge in [0.1, 0.15) is 6.61 Å². The van der Waals surface area contributed by atoms with Gasteiger partial charge < -0.3 is 24.6 Å². The van der Waals surface area contributed by atoms with Crippen molar-refractivity contribution in [3.8, 4) is 0 Å². The van der Waals surface area contributed by atoms with Crippen LogP contribution in [0.4, 0.5) is 5.69 Å². The van der Waals surface area contributed by atoms with Crippen molar-refractivity contribution in [3.63, 3.8) is 0 Å². The quantitative estimate of drug-likeness (QED) is 0.791. The van der Waals surface area contributed by atoms with Gasteiger partial charge in [0, 0.05) is 58.4 Å². The summed E-state index contributed by atoms with van der Waals surface area (Å²) in [7, 11) is 3.44. The van der Waals surface area contributed by atoms with E-state index in [1.807, 2.05) is 4.90 Å². The van der Waals surface area contributed by atoms with Crippen LogP contribution in [0.2, 0.25) is 0 Å². The summed E-state index contributed by atoms with van der Waals surface area (Å²) in [5.74, 6) is -0.198. The molecular formula is C22H31N3O5. The Morgan fingerprint density at radius 1 is 1.20 bits per heavy atom. The second-order valence-corrected chi connectivity index (χ2v) is 8.30. The molecule has 1 N–H and O–H groups in total. The number of amides is 3. The summed E-state index contributed by atoms with van der Waals surface area (Å²) < 4.78 is 12.0. The molecule has 0 aromatic heterocycles. The molecule has 1 unspecified atom stereocenters. The molecule has 1 aromatic rings. The lowest BCUT2D eigenvalue weighted by molar-refractivity contribution is -0.160. The molecule has 1 spiro atoms. The van der Waals surface area contributed by atoms with Crippen LogP contribution in [0.3, 0.4) is 0 Å². The lowest BCUT2D eigenvalue weighted by Crippen LogP contribution is -2.52. The fraction of sp³-hybridized carbons (Fsp3) is 0.591. The number of ether oxygens (including phenoxy) is 2. The molecule has 164 valence electrons. The van der Waals surface area contributed by atoms with Crippen LogP contribution in [0.25, 0.3) is 0 Å². The summed E-state index contributed by atoms with van der Waals surface area (Å²) in [5, 5.41) is 2.70. The normalized spacial score (nSPS) is 20.6. The number of carbonyl (C=O) groups excluding carboxylic acids is 3. The van der Waals surface area contributed by atoms with Crippen LogP contribution in [0.15, 0.2) is 24.3 Å². The van der Waals surface area contributed by atoms with Crippen LogP contribution in [0.1, 0.15) is 43.0 Å². The SMILES string of the molecule is CC(=O)Nc1ccc(C(=O)N2CCC3(CC2)CC(OCC(=O)N(C)C)CCO3)cc1. The number of nitrogens with one attached hydrogen (secondary N) is 1. The first kappa shape index (κ1) is 22.2. The van der Waals surface area contributed by atoms with E-state index in [-0.39, 0.29) is 36.0 Å². The molecule has 30 heavy (non-hydrogen) atoms. The van der Waals surface area contributed by atoms with Crippen molar-refractivity contribution in [2.75, 3.05) is 45.7 Å². The van der Waals surface area contributed by atoms with Gasteiger partial charge in [0.25, 0.3) is 5.91 Å². The first-order chi connectivity index (χ1) is 14.3. The van der Waals surface area contributed by atoms with E-state index in [0.29, 0.717) is 30.9 Å². The molecule has 2 fully saturated rings. The first-order valence-corrected chi connectivity index (χ1v) is 10.4. The number of hydrogen-bond donors (Lipinski definition) is 1. The van der Waals surface area contributed by atoms with Crippen LogP contribution in [0, 0.1) is 0 Å². The molecule has 2 heterocycles. The van der Waals surface area contributed by atoms with Crippen LogP contribution >= 0.6 is 0 Å². The van der Waals surface area contributed by atoms with Gasteiger partial charge in [-0.3, -0.25) is 14.4 Å². The van der Waals surface area contributed by atoms with Gasteiger partial charge in [0.15, 0.2) is 0 Å². The number of piperidine rings is 1. The van der Waals surface area contributed by atoms with Crippen LogP contribution in [-0.2, 0) is 19.1 Å². The standard InChI is InChI=1S/C22H31N3O5/c1-16(26)23-18-6-4-17(5-7-18)21(28)25-11-9-22(10-12-25)14-19(8-13-30-22)29-15-20(27)24(2)3/h4-7,19H,8-15H2,1-3H3,(H,23,26). The van der Waals surface area contributed by atoms with Gasteiger partial charge >= 0.3 is 0 Å². The lowest BCUT2D eigenvalue weighted by atomic mass is 9.83. The Kier molecular flexibility index (Phi) is 7.10. The molecule has 1 atom stereocenters. The molecule has 8 nitrogen and oxygen atoms in total. The van der Waals surface area contributed by atoms with Gasteiger partial charge in [0.2, 0.25) is 11.8 Å². The molecule has 1 aromatic carbocycles. The second kappa shape index (κ2) is 9.57. The number of likely N-dealkylation sites (N-methyl/N-ethyl adjacent to an activating group) is 1. The van der Waals surface area contributed by atoms with E-state index in [1.54, 1.807) is 38.4 Å². The van der Waals surface area contributed by atoms with Gasteiger partial charge in [-0.1, -0.05) is 0 Å². The molecule has 2 aliphatic heterocycles. The minimum atomic E-state index is -0.282. The summed E-state index contributed by atoms with van der Waals surface area (Å²) in [6.07, 6.45) is 3.05. The van der Waals surface area contributed by atoms with Gasteiger partial charge in [-0.15, -0.1) is 0 Å². The Morgan fingerprint density at radius 3 is 2.47 bits per heavy atom. The number of anilines is 1. The van der Waals surface area contributed by atoms with Crippen molar-refractivity contribution in [3.05, 3.63) is 29.8 Å². The number of rotatable bonds is 5. The molecule has 3 rings (SSSR count). The Hall–Kier alpha value is -2.45. The van der Waals surface area contributed by atoms with Crippen LogP contribution in [-0.4, -0.2) is 79.6 Å². The van der Waals surface area contributed by atoms with Crippen LogP contribution in [0.5, 0.6) is 0 Å². The Morgan fingerprint density at radius 2 is 1.87 bits per heavy atom. The van der Waals surface area contributed by atoms with E-state index < -0.39 is 0 Å². The molecule has 0 bridgehead atoms. The van der Waals surface area contributed by atoms with Crippen molar-refractivity contribution in [2.24, 2.45) is 0 Å². The highest BCUT2D eigenvalue weighted by atomic mass is 16.5. The van der Waals surface area contributed by atoms with Crippen molar-refractivity contribution in [2.45, 2.75) is 44.3 Å². The molecular weight excluding hydrogens is 386 g/mol. The minimum Gasteiger partial charge on any atom is -0.375 e. The molecule has 2 saturated heterocycles. The highest BCUT2D eigenvalue weighted by Crippen LogP contribution is 2.36. The molecule has 8 heteroatoms. The smallest absolute Gasteiger partial charge is 0.253 e. The molecule has 2 aliphatic rings. The summed E-state index contributed by atoms with van der Waals surface area (Å²) >= 11 is 0. The predicted octanol–water partition coefficient (Wildman–Crippen LogP) is 1.90. The summed E-state index contributed by atoms with van der Waals surface area (Å²) in [4.78, 5) is 39.1. The van der Waals surface area contributed by atoms with Crippen LogP contribution < -0.4 is 5.32 Å². The number of carbonyl (C=O) groups is 3. The summed E-state index contributed by atoms with van der Waals surface area (Å²) in [6, 6.07) is 6.95. The fourth-order valence-electron chi connectivity index (χ4n) is 3.99. The Bertz CT molecular complexity index is 769. The molecule has 0 aliphatic carbocycles. The van der Waals surface area contributed by atoms with Gasteiger partial charge in [-0.05, 0) is 43.5 Å². The zero-order valence-corrected chi connectivity index (χ0v) is 18.0. The number of likely N-dealkylation sites (tertiary alicyclic amines) is 1. The third kappa shape index (κ3) is 5.58. The monoisotopic (exact) mass is 417 g/mol. The zero-order valence-electron chi connectivity index (χ0n) is 18.0. The van der Waals surface area contributed by atoms with Gasteiger partial charge in [-0.25, -0.2) is 0 Å². The van der Waals surface area contributed by atoms with E-state index >= 15 is 0 Å². The zero-order chi connectivity index (χ0) is 21.7.